The summed E-state index contributed by atoms with van der Waals surface area (Å²) in [5.41, 5.74) is 0. The molecule has 0 amide bonds. The number of piperazine rings is 1. The smallest absolute Gasteiger partial charge is 0.0195 e. The molecule has 1 fully saturated rings. The molecular formula is C11H24N2. The van der Waals surface area contributed by atoms with Crippen LogP contribution in [0.2, 0.25) is 0 Å². The normalized spacial score (nSPS) is 27.0. The molecule has 0 saturated carbocycles. The highest BCUT2D eigenvalue weighted by atomic mass is 15.3. The maximum atomic E-state index is 2.60. The van der Waals surface area contributed by atoms with Crippen LogP contribution in [0.3, 0.4) is 0 Å². The lowest BCUT2D eigenvalue weighted by Crippen LogP contribution is -2.52. The molecule has 1 heterocycles. The molecule has 0 spiro atoms. The van der Waals surface area contributed by atoms with E-state index in [1.165, 1.54) is 32.7 Å². The molecule has 1 aliphatic heterocycles. The van der Waals surface area contributed by atoms with Crippen LogP contribution in [0.15, 0.2) is 0 Å². The summed E-state index contributed by atoms with van der Waals surface area (Å²) in [7, 11) is 0. The monoisotopic (exact) mass is 184 g/mol. The lowest BCUT2D eigenvalue weighted by molar-refractivity contribution is 0.0806. The van der Waals surface area contributed by atoms with Crippen molar-refractivity contribution in [3.63, 3.8) is 0 Å². The molecular weight excluding hydrogens is 160 g/mol. The summed E-state index contributed by atoms with van der Waals surface area (Å²) in [6.45, 7) is 15.4. The van der Waals surface area contributed by atoms with Crippen LogP contribution in [0, 0.1) is 5.92 Å². The van der Waals surface area contributed by atoms with Crippen LogP contribution in [0.1, 0.15) is 27.7 Å². The fourth-order valence-corrected chi connectivity index (χ4v) is 2.22. The first-order chi connectivity index (χ1) is 6.13. The van der Waals surface area contributed by atoms with Crippen molar-refractivity contribution >= 4 is 0 Å². The summed E-state index contributed by atoms with van der Waals surface area (Å²) in [6, 6.07) is 0.748. The van der Waals surface area contributed by atoms with Gasteiger partial charge < -0.3 is 4.90 Å². The van der Waals surface area contributed by atoms with Crippen molar-refractivity contribution < 1.29 is 0 Å². The minimum absolute atomic E-state index is 0.748. The van der Waals surface area contributed by atoms with Crippen LogP contribution in [-0.4, -0.2) is 48.6 Å². The molecule has 0 aliphatic carbocycles. The third-order valence-electron chi connectivity index (χ3n) is 2.88. The molecule has 1 unspecified atom stereocenters. The van der Waals surface area contributed by atoms with Gasteiger partial charge in [0.25, 0.3) is 0 Å². The average Bonchev–Trinajstić information content (AvgIpc) is 2.03. The van der Waals surface area contributed by atoms with Crippen LogP contribution in [0.25, 0.3) is 0 Å². The summed E-state index contributed by atoms with van der Waals surface area (Å²) >= 11 is 0. The average molecular weight is 184 g/mol. The molecule has 1 aliphatic rings. The molecule has 0 aromatic carbocycles. The van der Waals surface area contributed by atoms with E-state index in [1.54, 1.807) is 0 Å². The summed E-state index contributed by atoms with van der Waals surface area (Å²) in [6.07, 6.45) is 0. The first-order valence-electron chi connectivity index (χ1n) is 5.59. The van der Waals surface area contributed by atoms with Gasteiger partial charge in [-0.25, -0.2) is 0 Å². The van der Waals surface area contributed by atoms with Crippen LogP contribution < -0.4 is 0 Å². The maximum Gasteiger partial charge on any atom is 0.0195 e. The summed E-state index contributed by atoms with van der Waals surface area (Å²) in [5, 5.41) is 0. The third kappa shape index (κ3) is 3.28. The van der Waals surface area contributed by atoms with Crippen LogP contribution in [-0.2, 0) is 0 Å². The Bertz CT molecular complexity index is 145. The minimum Gasteiger partial charge on any atom is -0.300 e. The number of hydrogen-bond acceptors (Lipinski definition) is 2. The van der Waals surface area contributed by atoms with Gasteiger partial charge in [0.1, 0.15) is 0 Å². The Balaban J connectivity index is 2.32. The lowest BCUT2D eigenvalue weighted by Gasteiger charge is -2.39. The van der Waals surface area contributed by atoms with Gasteiger partial charge in [0.15, 0.2) is 0 Å². The molecule has 1 saturated heterocycles. The van der Waals surface area contributed by atoms with Crippen molar-refractivity contribution in [1.82, 2.24) is 9.80 Å². The van der Waals surface area contributed by atoms with E-state index in [2.05, 4.69) is 37.5 Å². The Hall–Kier alpha value is -0.0800. The summed E-state index contributed by atoms with van der Waals surface area (Å²) in [4.78, 5) is 5.16. The quantitative estimate of drug-likeness (QED) is 0.658. The van der Waals surface area contributed by atoms with Gasteiger partial charge in [0.05, 0.1) is 0 Å². The largest absolute Gasteiger partial charge is 0.300 e. The Morgan fingerprint density at radius 3 is 2.46 bits per heavy atom. The molecule has 0 radical (unpaired) electrons. The predicted octanol–water partition coefficient (Wildman–Crippen LogP) is 1.67. The first kappa shape index (κ1) is 11.0. The maximum absolute atomic E-state index is 2.60. The van der Waals surface area contributed by atoms with Crippen LogP contribution in [0.4, 0.5) is 0 Å². The molecule has 78 valence electrons. The van der Waals surface area contributed by atoms with Crippen molar-refractivity contribution in [3.05, 3.63) is 0 Å². The second-order valence-electron chi connectivity index (χ2n) is 4.63. The fraction of sp³-hybridized carbons (Fsp3) is 1.00. The second-order valence-corrected chi connectivity index (χ2v) is 4.63. The number of rotatable bonds is 3. The summed E-state index contributed by atoms with van der Waals surface area (Å²) in [5.74, 6) is 0.806. The molecule has 0 N–H and O–H groups in total. The van der Waals surface area contributed by atoms with Crippen molar-refractivity contribution in [3.8, 4) is 0 Å². The van der Waals surface area contributed by atoms with Gasteiger partial charge in [-0.15, -0.1) is 0 Å². The van der Waals surface area contributed by atoms with Crippen LogP contribution in [0.5, 0.6) is 0 Å². The van der Waals surface area contributed by atoms with E-state index in [0.717, 1.165) is 12.0 Å². The molecule has 0 aromatic rings. The van der Waals surface area contributed by atoms with Gasteiger partial charge in [0, 0.05) is 32.2 Å². The molecule has 0 bridgehead atoms. The zero-order valence-corrected chi connectivity index (χ0v) is 9.58. The molecule has 13 heavy (non-hydrogen) atoms. The topological polar surface area (TPSA) is 6.48 Å². The molecule has 1 rings (SSSR count). The van der Waals surface area contributed by atoms with E-state index in [0.29, 0.717) is 0 Å². The van der Waals surface area contributed by atoms with E-state index in [4.69, 9.17) is 0 Å². The second kappa shape index (κ2) is 4.97. The van der Waals surface area contributed by atoms with E-state index in [1.807, 2.05) is 0 Å². The van der Waals surface area contributed by atoms with Gasteiger partial charge in [-0.05, 0) is 19.4 Å². The Morgan fingerprint density at radius 1 is 1.31 bits per heavy atom. The van der Waals surface area contributed by atoms with E-state index >= 15 is 0 Å². The van der Waals surface area contributed by atoms with Crippen molar-refractivity contribution in [2.75, 3.05) is 32.7 Å². The van der Waals surface area contributed by atoms with Gasteiger partial charge in [-0.2, -0.15) is 0 Å². The third-order valence-corrected chi connectivity index (χ3v) is 2.88. The van der Waals surface area contributed by atoms with Gasteiger partial charge in [-0.3, -0.25) is 4.90 Å². The Kier molecular flexibility index (Phi) is 4.20. The van der Waals surface area contributed by atoms with Crippen molar-refractivity contribution in [1.29, 1.82) is 0 Å². The molecule has 2 heteroatoms. The van der Waals surface area contributed by atoms with Crippen molar-refractivity contribution in [2.24, 2.45) is 5.92 Å². The predicted molar refractivity (Wildman–Crippen MR) is 58.0 cm³/mol. The highest BCUT2D eigenvalue weighted by Crippen LogP contribution is 2.10. The highest BCUT2D eigenvalue weighted by molar-refractivity contribution is 4.78. The lowest BCUT2D eigenvalue weighted by atomic mass is 10.1. The van der Waals surface area contributed by atoms with Crippen molar-refractivity contribution in [2.45, 2.75) is 33.7 Å². The Labute approximate surface area is 82.9 Å². The number of hydrogen-bond donors (Lipinski definition) is 0. The molecule has 2 nitrogen and oxygen atoms in total. The number of nitrogens with zero attached hydrogens (tertiary/aromatic N) is 2. The zero-order chi connectivity index (χ0) is 9.84. The SMILES string of the molecule is CCN1CCN(CC(C)C)CC1C. The standard InChI is InChI=1S/C11H24N2/c1-5-13-7-6-12(8-10(2)3)9-11(13)4/h10-11H,5-9H2,1-4H3. The minimum atomic E-state index is 0.748. The van der Waals surface area contributed by atoms with Gasteiger partial charge >= 0.3 is 0 Å². The van der Waals surface area contributed by atoms with E-state index < -0.39 is 0 Å². The highest BCUT2D eigenvalue weighted by Gasteiger charge is 2.22. The fourth-order valence-electron chi connectivity index (χ4n) is 2.22. The first-order valence-corrected chi connectivity index (χ1v) is 5.59. The molecule has 1 atom stereocenters. The zero-order valence-electron chi connectivity index (χ0n) is 9.58. The molecule has 0 aromatic heterocycles. The number of likely N-dealkylation sites (N-methyl/N-ethyl adjacent to an activating group) is 1. The van der Waals surface area contributed by atoms with E-state index in [9.17, 15) is 0 Å². The van der Waals surface area contributed by atoms with Gasteiger partial charge in [0.2, 0.25) is 0 Å². The Morgan fingerprint density at radius 2 is 2.00 bits per heavy atom. The van der Waals surface area contributed by atoms with Crippen LogP contribution >= 0.6 is 0 Å². The van der Waals surface area contributed by atoms with E-state index in [-0.39, 0.29) is 0 Å². The summed E-state index contributed by atoms with van der Waals surface area (Å²) < 4.78 is 0. The van der Waals surface area contributed by atoms with Gasteiger partial charge in [-0.1, -0.05) is 20.8 Å².